The number of aliphatic carboxylic acids is 1. The second-order valence-corrected chi connectivity index (χ2v) is 10.5. The van der Waals surface area contributed by atoms with Crippen LogP contribution in [0.5, 0.6) is 0 Å². The number of fused-ring (bicyclic) bond motifs is 2. The first-order valence-electron chi connectivity index (χ1n) is 10.4. The number of carboxylic acids is 1. The topological polar surface area (TPSA) is 80.2 Å². The number of allylic oxidation sites excluding steroid dienone is 1. The number of nitrogens with zero attached hydrogens (tertiary/aromatic N) is 2. The Morgan fingerprint density at radius 1 is 1.00 bits per heavy atom. The third-order valence-electron chi connectivity index (χ3n) is 6.63. The molecule has 2 aromatic heterocycles. The van der Waals surface area contributed by atoms with Crippen LogP contribution in [0.3, 0.4) is 0 Å². The van der Waals surface area contributed by atoms with Crippen LogP contribution >= 0.6 is 22.9 Å². The smallest absolute Gasteiger partial charge is 0.332 e. The molecule has 7 heteroatoms. The summed E-state index contributed by atoms with van der Waals surface area (Å²) in [6.45, 7) is 4.02. The van der Waals surface area contributed by atoms with Crippen molar-refractivity contribution in [1.82, 2.24) is 9.36 Å². The van der Waals surface area contributed by atoms with Crippen LogP contribution in [-0.2, 0) is 16.0 Å². The molecule has 0 spiro atoms. The van der Waals surface area contributed by atoms with E-state index in [9.17, 15) is 14.7 Å². The Bertz CT molecular complexity index is 1040. The van der Waals surface area contributed by atoms with Crippen molar-refractivity contribution in [3.8, 4) is 10.6 Å². The number of thiophene rings is 1. The molecule has 6 rings (SSSR count). The largest absolute Gasteiger partial charge is 0.478 e. The van der Waals surface area contributed by atoms with Crippen LogP contribution in [0, 0.1) is 25.7 Å². The molecule has 1 N–H and O–H groups in total. The molecule has 0 unspecified atom stereocenters. The molecular formula is C22H24N2O3S2. The molecule has 2 fully saturated rings. The predicted molar refractivity (Wildman–Crippen MR) is 113 cm³/mol. The van der Waals surface area contributed by atoms with E-state index in [2.05, 4.69) is 16.3 Å². The molecule has 0 amide bonds. The Balaban J connectivity index is 1.55. The number of carbonyl (C=O) groups excluding carboxylic acids is 1. The zero-order valence-electron chi connectivity index (χ0n) is 16.7. The number of Topliss-reactive ketones (excluding diaryl/α,β-unsaturated/α-hetero) is 1. The van der Waals surface area contributed by atoms with Gasteiger partial charge in [-0.25, -0.2) is 9.78 Å². The standard InChI is InChI=1S/C22H24N2O3S2/c1-10-17(21-23-11(2)24-29-21)16(28-20(10)14-7-8-14)9-15(25)18-12-3-5-13(6-4-12)19(18)22(26)27/h12-14H,3-9H2,1-2H3,(H,26,27). The van der Waals surface area contributed by atoms with Gasteiger partial charge in [-0.2, -0.15) is 4.37 Å². The highest BCUT2D eigenvalue weighted by Crippen LogP contribution is 2.50. The molecule has 0 saturated heterocycles. The van der Waals surface area contributed by atoms with E-state index in [-0.39, 0.29) is 24.0 Å². The Labute approximate surface area is 178 Å². The minimum Gasteiger partial charge on any atom is -0.478 e. The lowest BCUT2D eigenvalue weighted by atomic mass is 9.65. The molecule has 29 heavy (non-hydrogen) atoms. The van der Waals surface area contributed by atoms with Gasteiger partial charge in [0.1, 0.15) is 10.8 Å². The average Bonchev–Trinajstić information content (AvgIpc) is 3.38. The van der Waals surface area contributed by atoms with E-state index < -0.39 is 5.97 Å². The molecule has 2 saturated carbocycles. The van der Waals surface area contributed by atoms with Crippen molar-refractivity contribution in [1.29, 1.82) is 0 Å². The molecule has 0 aromatic carbocycles. The number of hydrogen-bond donors (Lipinski definition) is 1. The number of hydrogen-bond acceptors (Lipinski definition) is 6. The summed E-state index contributed by atoms with van der Waals surface area (Å²) in [5, 5.41) is 10.7. The fraction of sp³-hybridized carbons (Fsp3) is 0.545. The van der Waals surface area contributed by atoms with Crippen LogP contribution in [0.2, 0.25) is 0 Å². The van der Waals surface area contributed by atoms with Crippen molar-refractivity contribution in [2.45, 2.75) is 64.7 Å². The maximum atomic E-state index is 13.4. The lowest BCUT2D eigenvalue weighted by molar-refractivity contribution is -0.134. The maximum Gasteiger partial charge on any atom is 0.332 e. The summed E-state index contributed by atoms with van der Waals surface area (Å²) < 4.78 is 4.34. The minimum atomic E-state index is -0.899. The molecule has 0 radical (unpaired) electrons. The maximum absolute atomic E-state index is 13.4. The molecule has 152 valence electrons. The highest BCUT2D eigenvalue weighted by atomic mass is 32.1. The summed E-state index contributed by atoms with van der Waals surface area (Å²) in [7, 11) is 0. The Hall–Kier alpha value is -1.86. The third-order valence-corrected chi connectivity index (χ3v) is 8.91. The fourth-order valence-electron chi connectivity index (χ4n) is 5.15. The summed E-state index contributed by atoms with van der Waals surface area (Å²) in [6.07, 6.45) is 6.40. The molecular weight excluding hydrogens is 404 g/mol. The van der Waals surface area contributed by atoms with E-state index in [0.717, 1.165) is 47.0 Å². The van der Waals surface area contributed by atoms with Crippen molar-refractivity contribution >= 4 is 34.6 Å². The number of aryl methyl sites for hydroxylation is 1. The number of carbonyl (C=O) groups is 2. The number of ketones is 1. The summed E-state index contributed by atoms with van der Waals surface area (Å²) >= 11 is 3.12. The van der Waals surface area contributed by atoms with Gasteiger partial charge in [-0.15, -0.1) is 11.3 Å². The quantitative estimate of drug-likeness (QED) is 0.694. The fourth-order valence-corrected chi connectivity index (χ4v) is 7.49. The SMILES string of the molecule is Cc1nsc(-c2c(CC(=O)C3=C(C(=O)O)C4CCC3CC4)sc(C3CC3)c2C)n1. The molecule has 2 bridgehead atoms. The van der Waals surface area contributed by atoms with Gasteiger partial charge in [0.05, 0.1) is 0 Å². The highest BCUT2D eigenvalue weighted by Gasteiger charge is 2.41. The van der Waals surface area contributed by atoms with Crippen molar-refractivity contribution in [2.24, 2.45) is 11.8 Å². The van der Waals surface area contributed by atoms with Gasteiger partial charge >= 0.3 is 5.97 Å². The first kappa shape index (κ1) is 19.1. The normalized spacial score (nSPS) is 23.7. The van der Waals surface area contributed by atoms with E-state index in [4.69, 9.17) is 0 Å². The van der Waals surface area contributed by atoms with Crippen molar-refractivity contribution < 1.29 is 14.7 Å². The summed E-state index contributed by atoms with van der Waals surface area (Å²) in [5.41, 5.74) is 3.31. The third kappa shape index (κ3) is 3.28. The van der Waals surface area contributed by atoms with E-state index in [1.54, 1.807) is 11.3 Å². The minimum absolute atomic E-state index is 0.00267. The summed E-state index contributed by atoms with van der Waals surface area (Å²) in [6, 6.07) is 0. The lowest BCUT2D eigenvalue weighted by Crippen LogP contribution is -2.34. The van der Waals surface area contributed by atoms with Crippen molar-refractivity contribution in [3.05, 3.63) is 32.3 Å². The molecule has 4 aliphatic rings. The molecule has 2 aromatic rings. The lowest BCUT2D eigenvalue weighted by Gasteiger charge is -2.38. The van der Waals surface area contributed by atoms with Gasteiger partial charge in [-0.1, -0.05) is 0 Å². The molecule has 4 aliphatic carbocycles. The first-order valence-corrected chi connectivity index (χ1v) is 12.0. The van der Waals surface area contributed by atoms with Gasteiger partial charge in [0.25, 0.3) is 0 Å². The highest BCUT2D eigenvalue weighted by molar-refractivity contribution is 7.14. The van der Waals surface area contributed by atoms with Crippen molar-refractivity contribution in [2.75, 3.05) is 0 Å². The van der Waals surface area contributed by atoms with Gasteiger partial charge in [0.15, 0.2) is 5.78 Å². The monoisotopic (exact) mass is 428 g/mol. The van der Waals surface area contributed by atoms with Gasteiger partial charge in [0.2, 0.25) is 0 Å². The molecule has 2 heterocycles. The zero-order chi connectivity index (χ0) is 20.3. The van der Waals surface area contributed by atoms with Crippen LogP contribution in [0.1, 0.15) is 65.6 Å². The molecule has 5 nitrogen and oxygen atoms in total. The Kier molecular flexibility index (Phi) is 4.70. The second kappa shape index (κ2) is 7.13. The number of aromatic nitrogens is 2. The van der Waals surface area contributed by atoms with Crippen LogP contribution < -0.4 is 0 Å². The van der Waals surface area contributed by atoms with E-state index in [1.165, 1.54) is 34.8 Å². The predicted octanol–water partition coefficient (Wildman–Crippen LogP) is 5.07. The van der Waals surface area contributed by atoms with Crippen LogP contribution in [0.15, 0.2) is 11.1 Å². The van der Waals surface area contributed by atoms with Crippen molar-refractivity contribution in [3.63, 3.8) is 0 Å². The van der Waals surface area contributed by atoms with Gasteiger partial charge in [0, 0.05) is 32.9 Å². The van der Waals surface area contributed by atoms with Crippen LogP contribution in [-0.4, -0.2) is 26.2 Å². The molecule has 0 atom stereocenters. The van der Waals surface area contributed by atoms with Crippen LogP contribution in [0.25, 0.3) is 10.6 Å². The second-order valence-electron chi connectivity index (χ2n) is 8.59. The summed E-state index contributed by atoms with van der Waals surface area (Å²) in [4.78, 5) is 32.3. The number of rotatable bonds is 6. The van der Waals surface area contributed by atoms with E-state index >= 15 is 0 Å². The van der Waals surface area contributed by atoms with E-state index in [0.29, 0.717) is 17.1 Å². The van der Waals surface area contributed by atoms with E-state index in [1.807, 2.05) is 6.92 Å². The summed E-state index contributed by atoms with van der Waals surface area (Å²) in [5.74, 6) is 0.632. The zero-order valence-corrected chi connectivity index (χ0v) is 18.3. The number of carboxylic acid groups (broad SMARTS) is 1. The van der Waals surface area contributed by atoms with Gasteiger partial charge in [-0.05, 0) is 87.2 Å². The Morgan fingerprint density at radius 3 is 2.17 bits per heavy atom. The van der Waals surface area contributed by atoms with Crippen LogP contribution in [0.4, 0.5) is 0 Å². The van der Waals surface area contributed by atoms with Gasteiger partial charge < -0.3 is 5.11 Å². The first-order chi connectivity index (χ1) is 13.9. The Morgan fingerprint density at radius 2 is 1.62 bits per heavy atom. The average molecular weight is 429 g/mol. The molecule has 0 aliphatic heterocycles. The van der Waals surface area contributed by atoms with Gasteiger partial charge in [-0.3, -0.25) is 4.79 Å².